The van der Waals surface area contributed by atoms with Crippen molar-refractivity contribution >= 4 is 23.0 Å². The number of unbranched alkanes of at least 4 members (excludes halogenated alkanes) is 1. The summed E-state index contributed by atoms with van der Waals surface area (Å²) in [6.45, 7) is 12.6. The van der Waals surface area contributed by atoms with E-state index >= 15 is 0 Å². The summed E-state index contributed by atoms with van der Waals surface area (Å²) in [7, 11) is 0. The van der Waals surface area contributed by atoms with E-state index < -0.39 is 0 Å². The molecule has 0 radical (unpaired) electrons. The molecule has 1 aliphatic heterocycles. The maximum Gasteiger partial charge on any atom is 0.191 e. The number of hydrogen-bond donors (Lipinski definition) is 2. The van der Waals surface area contributed by atoms with Gasteiger partial charge in [0, 0.05) is 69.0 Å². The average molecular weight is 443 g/mol. The molecular weight excluding hydrogens is 404 g/mol. The third-order valence-electron chi connectivity index (χ3n) is 5.57. The lowest BCUT2D eigenvalue weighted by Gasteiger charge is -2.36. The minimum absolute atomic E-state index is 0.869. The molecule has 3 rings (SSSR count). The lowest BCUT2D eigenvalue weighted by molar-refractivity contribution is 0.253. The fraction of sp³-hybridized carbons (Fsp3) is 0.583. The Balaban J connectivity index is 1.29. The number of piperazine rings is 1. The van der Waals surface area contributed by atoms with Crippen molar-refractivity contribution in [2.45, 2.75) is 39.5 Å². The highest BCUT2D eigenvalue weighted by molar-refractivity contribution is 7.11. The number of anilines is 1. The molecule has 0 unspecified atom stereocenters. The van der Waals surface area contributed by atoms with Crippen LogP contribution in [0.25, 0.3) is 0 Å². The molecule has 170 valence electrons. The van der Waals surface area contributed by atoms with Crippen LogP contribution in [0.3, 0.4) is 0 Å². The number of guanidine groups is 1. The van der Waals surface area contributed by atoms with Gasteiger partial charge in [-0.05, 0) is 44.9 Å². The lowest BCUT2D eigenvalue weighted by Crippen LogP contribution is -2.46. The van der Waals surface area contributed by atoms with Gasteiger partial charge in [0.25, 0.3) is 0 Å². The molecule has 0 bridgehead atoms. The first-order valence-corrected chi connectivity index (χ1v) is 12.6. The lowest BCUT2D eigenvalue weighted by atomic mass is 10.2. The number of hydrogen-bond acceptors (Lipinski definition) is 5. The average Bonchev–Trinajstić information content (AvgIpc) is 3.28. The number of aryl methyl sites for hydroxylation is 1. The molecule has 0 aliphatic carbocycles. The van der Waals surface area contributed by atoms with Crippen LogP contribution in [0.5, 0.6) is 0 Å². The number of nitrogens with zero attached hydrogens (tertiary/aromatic N) is 4. The Hall–Kier alpha value is -2.12. The van der Waals surface area contributed by atoms with Gasteiger partial charge in [0.15, 0.2) is 5.96 Å². The summed E-state index contributed by atoms with van der Waals surface area (Å²) in [6.07, 6.45) is 6.34. The summed E-state index contributed by atoms with van der Waals surface area (Å²) in [5.41, 5.74) is 1.35. The van der Waals surface area contributed by atoms with Crippen molar-refractivity contribution in [3.05, 3.63) is 46.4 Å². The van der Waals surface area contributed by atoms with E-state index in [1.165, 1.54) is 28.5 Å². The Labute approximate surface area is 191 Å². The van der Waals surface area contributed by atoms with Crippen LogP contribution in [0.2, 0.25) is 0 Å². The molecule has 1 aliphatic rings. The fourth-order valence-electron chi connectivity index (χ4n) is 3.76. The molecular formula is C24H38N6S. The van der Waals surface area contributed by atoms with E-state index in [9.17, 15) is 0 Å². The zero-order valence-electron chi connectivity index (χ0n) is 19.1. The van der Waals surface area contributed by atoms with E-state index in [4.69, 9.17) is 4.99 Å². The van der Waals surface area contributed by atoms with Crippen molar-refractivity contribution in [1.82, 2.24) is 20.5 Å². The molecule has 31 heavy (non-hydrogen) atoms. The van der Waals surface area contributed by atoms with Crippen LogP contribution in [-0.4, -0.2) is 68.2 Å². The molecule has 1 saturated heterocycles. The van der Waals surface area contributed by atoms with Gasteiger partial charge in [0.2, 0.25) is 0 Å². The topological polar surface area (TPSA) is 55.8 Å². The van der Waals surface area contributed by atoms with Gasteiger partial charge in [0.1, 0.15) is 0 Å². The minimum atomic E-state index is 0.869. The Morgan fingerprint density at radius 2 is 1.87 bits per heavy atom. The van der Waals surface area contributed by atoms with E-state index in [1.807, 2.05) is 17.5 Å². The largest absolute Gasteiger partial charge is 0.369 e. The first kappa shape index (κ1) is 23.5. The monoisotopic (exact) mass is 442 g/mol. The first-order chi connectivity index (χ1) is 15.3. The highest BCUT2D eigenvalue weighted by atomic mass is 32.1. The number of para-hydroxylation sites is 1. The van der Waals surface area contributed by atoms with E-state index in [-0.39, 0.29) is 0 Å². The van der Waals surface area contributed by atoms with Crippen molar-refractivity contribution < 1.29 is 0 Å². The second-order valence-corrected chi connectivity index (χ2v) is 9.08. The smallest absolute Gasteiger partial charge is 0.191 e. The van der Waals surface area contributed by atoms with E-state index in [1.54, 1.807) is 0 Å². The van der Waals surface area contributed by atoms with Gasteiger partial charge in [-0.1, -0.05) is 25.1 Å². The molecule has 0 spiro atoms. The molecule has 7 heteroatoms. The Kier molecular flexibility index (Phi) is 10.1. The van der Waals surface area contributed by atoms with Crippen molar-refractivity contribution in [3.8, 4) is 0 Å². The van der Waals surface area contributed by atoms with E-state index in [0.29, 0.717) is 0 Å². The van der Waals surface area contributed by atoms with E-state index in [2.05, 4.69) is 69.6 Å². The number of aliphatic imine (C=N–C) groups is 1. The van der Waals surface area contributed by atoms with Gasteiger partial charge in [-0.25, -0.2) is 4.98 Å². The molecule has 0 amide bonds. The van der Waals surface area contributed by atoms with Gasteiger partial charge in [-0.15, -0.1) is 11.3 Å². The van der Waals surface area contributed by atoms with Crippen LogP contribution >= 0.6 is 11.3 Å². The summed E-state index contributed by atoms with van der Waals surface area (Å²) < 4.78 is 0. The predicted octanol–water partition coefficient (Wildman–Crippen LogP) is 3.41. The molecule has 6 nitrogen and oxygen atoms in total. The quantitative estimate of drug-likeness (QED) is 0.317. The molecule has 1 aromatic heterocycles. The van der Waals surface area contributed by atoms with Crippen LogP contribution in [0.15, 0.2) is 41.5 Å². The molecule has 1 aromatic carbocycles. The van der Waals surface area contributed by atoms with Crippen LogP contribution in [-0.2, 0) is 12.8 Å². The van der Waals surface area contributed by atoms with Crippen molar-refractivity contribution in [2.75, 3.05) is 57.3 Å². The molecule has 0 saturated carbocycles. The Bertz CT molecular complexity index is 767. The molecule has 2 aromatic rings. The summed E-state index contributed by atoms with van der Waals surface area (Å²) in [4.78, 5) is 15.7. The van der Waals surface area contributed by atoms with Crippen molar-refractivity contribution in [3.63, 3.8) is 0 Å². The highest BCUT2D eigenvalue weighted by Crippen LogP contribution is 2.16. The second kappa shape index (κ2) is 13.3. The van der Waals surface area contributed by atoms with Crippen molar-refractivity contribution in [1.29, 1.82) is 0 Å². The Morgan fingerprint density at radius 1 is 1.06 bits per heavy atom. The van der Waals surface area contributed by atoms with Gasteiger partial charge in [0.05, 0.1) is 5.01 Å². The second-order valence-electron chi connectivity index (χ2n) is 7.88. The standard InChI is InChI=1S/C24H38N6S/c1-3-22-20-28-23(31-22)12-14-27-24(25-4-2)26-13-8-9-15-29-16-18-30(19-17-29)21-10-6-5-7-11-21/h5-7,10-11,20H,3-4,8-9,12-19H2,1-2H3,(H2,25,26,27). The third-order valence-corrected chi connectivity index (χ3v) is 6.77. The normalized spacial score (nSPS) is 15.3. The fourth-order valence-corrected chi connectivity index (χ4v) is 4.63. The number of nitrogens with one attached hydrogen (secondary N) is 2. The summed E-state index contributed by atoms with van der Waals surface area (Å²) in [5, 5.41) is 8.00. The molecule has 2 heterocycles. The number of thiazole rings is 1. The number of benzene rings is 1. The summed E-state index contributed by atoms with van der Waals surface area (Å²) in [5.74, 6) is 0.922. The highest BCUT2D eigenvalue weighted by Gasteiger charge is 2.16. The van der Waals surface area contributed by atoms with Gasteiger partial charge < -0.3 is 15.5 Å². The van der Waals surface area contributed by atoms with Gasteiger partial charge in [-0.2, -0.15) is 0 Å². The first-order valence-electron chi connectivity index (χ1n) is 11.8. The van der Waals surface area contributed by atoms with Gasteiger partial charge in [-0.3, -0.25) is 9.89 Å². The third kappa shape index (κ3) is 8.15. The number of rotatable bonds is 11. The predicted molar refractivity (Wildman–Crippen MR) is 134 cm³/mol. The van der Waals surface area contributed by atoms with Crippen LogP contribution in [0.4, 0.5) is 5.69 Å². The van der Waals surface area contributed by atoms with Crippen molar-refractivity contribution in [2.24, 2.45) is 4.99 Å². The maximum absolute atomic E-state index is 4.75. The maximum atomic E-state index is 4.75. The van der Waals surface area contributed by atoms with Crippen LogP contribution in [0.1, 0.15) is 36.6 Å². The molecule has 1 fully saturated rings. The van der Waals surface area contributed by atoms with Crippen LogP contribution in [0, 0.1) is 0 Å². The molecule has 2 N–H and O–H groups in total. The summed E-state index contributed by atoms with van der Waals surface area (Å²) >= 11 is 1.82. The molecule has 0 atom stereocenters. The Morgan fingerprint density at radius 3 is 2.58 bits per heavy atom. The zero-order chi connectivity index (χ0) is 21.7. The summed E-state index contributed by atoms with van der Waals surface area (Å²) in [6, 6.07) is 10.8. The minimum Gasteiger partial charge on any atom is -0.369 e. The van der Waals surface area contributed by atoms with Crippen LogP contribution < -0.4 is 15.5 Å². The zero-order valence-corrected chi connectivity index (χ0v) is 20.0. The SMILES string of the molecule is CCNC(=NCCCCN1CCN(c2ccccc2)CC1)NCCc1ncc(CC)s1. The van der Waals surface area contributed by atoms with E-state index in [0.717, 1.165) is 71.0 Å². The number of aromatic nitrogens is 1. The van der Waals surface area contributed by atoms with Gasteiger partial charge >= 0.3 is 0 Å².